The van der Waals surface area contributed by atoms with Crippen molar-refractivity contribution in [2.75, 3.05) is 13.6 Å². The van der Waals surface area contributed by atoms with Crippen molar-refractivity contribution in [1.82, 2.24) is 10.6 Å². The Bertz CT molecular complexity index is 401. The van der Waals surface area contributed by atoms with Crippen molar-refractivity contribution in [3.8, 4) is 0 Å². The number of carbonyl (C=O) groups excluding carboxylic acids is 1. The number of carbonyl (C=O) groups is 1. The summed E-state index contributed by atoms with van der Waals surface area (Å²) in [6, 6.07) is 6.90. The van der Waals surface area contributed by atoms with Gasteiger partial charge in [-0.1, -0.05) is 23.8 Å². The largest absolute Gasteiger partial charge is 0.358 e. The van der Waals surface area contributed by atoms with Crippen molar-refractivity contribution >= 4 is 5.91 Å². The summed E-state index contributed by atoms with van der Waals surface area (Å²) < 4.78 is 0. The average Bonchev–Trinajstić information content (AvgIpc) is 2.68. The van der Waals surface area contributed by atoms with Crippen molar-refractivity contribution in [2.24, 2.45) is 0 Å². The van der Waals surface area contributed by atoms with Gasteiger partial charge in [-0.05, 0) is 30.9 Å². The fourth-order valence-corrected chi connectivity index (χ4v) is 2.26. The lowest BCUT2D eigenvalue weighted by Crippen LogP contribution is -2.33. The van der Waals surface area contributed by atoms with Crippen LogP contribution in [0.15, 0.2) is 18.2 Å². The van der Waals surface area contributed by atoms with Gasteiger partial charge in [-0.3, -0.25) is 4.79 Å². The number of rotatable bonds is 3. The minimum Gasteiger partial charge on any atom is -0.358 e. The Balaban J connectivity index is 2.03. The van der Waals surface area contributed by atoms with E-state index in [4.69, 9.17) is 0 Å². The Hall–Kier alpha value is -1.35. The number of amides is 1. The third-order valence-electron chi connectivity index (χ3n) is 3.16. The number of aryl methyl sites for hydroxylation is 2. The van der Waals surface area contributed by atoms with E-state index in [0.717, 1.165) is 12.8 Å². The van der Waals surface area contributed by atoms with Crippen LogP contribution in [0.25, 0.3) is 0 Å². The molecule has 3 heteroatoms. The minimum absolute atomic E-state index is 0.0422. The van der Waals surface area contributed by atoms with E-state index < -0.39 is 0 Å². The van der Waals surface area contributed by atoms with Gasteiger partial charge in [0, 0.05) is 13.1 Å². The molecule has 0 aliphatic heterocycles. The lowest BCUT2D eigenvalue weighted by molar-refractivity contribution is -0.119. The van der Waals surface area contributed by atoms with Gasteiger partial charge in [-0.25, -0.2) is 0 Å². The van der Waals surface area contributed by atoms with Gasteiger partial charge in [-0.2, -0.15) is 0 Å². The SMILES string of the molecule is CNC(=O)CNC1CCc2cc(C)ccc21. The first kappa shape index (κ1) is 11.1. The summed E-state index contributed by atoms with van der Waals surface area (Å²) in [6.07, 6.45) is 2.21. The van der Waals surface area contributed by atoms with Crippen LogP contribution in [0, 0.1) is 6.92 Å². The van der Waals surface area contributed by atoms with Crippen LogP contribution in [-0.2, 0) is 11.2 Å². The number of nitrogens with one attached hydrogen (secondary N) is 2. The fourth-order valence-electron chi connectivity index (χ4n) is 2.26. The average molecular weight is 218 g/mol. The smallest absolute Gasteiger partial charge is 0.233 e. The second kappa shape index (κ2) is 4.66. The molecule has 0 saturated heterocycles. The summed E-state index contributed by atoms with van der Waals surface area (Å²) in [7, 11) is 1.66. The zero-order valence-electron chi connectivity index (χ0n) is 9.84. The topological polar surface area (TPSA) is 41.1 Å². The maximum atomic E-state index is 11.2. The van der Waals surface area contributed by atoms with Gasteiger partial charge < -0.3 is 10.6 Å². The third-order valence-corrected chi connectivity index (χ3v) is 3.16. The highest BCUT2D eigenvalue weighted by molar-refractivity contribution is 5.77. The Morgan fingerprint density at radius 1 is 1.50 bits per heavy atom. The van der Waals surface area contributed by atoms with Crippen LogP contribution in [0.1, 0.15) is 29.2 Å². The normalized spacial score (nSPS) is 18.2. The van der Waals surface area contributed by atoms with Crippen LogP contribution in [0.5, 0.6) is 0 Å². The zero-order chi connectivity index (χ0) is 11.5. The van der Waals surface area contributed by atoms with Crippen molar-refractivity contribution < 1.29 is 4.79 Å². The maximum absolute atomic E-state index is 11.2. The minimum atomic E-state index is 0.0422. The highest BCUT2D eigenvalue weighted by Crippen LogP contribution is 2.31. The first-order chi connectivity index (χ1) is 7.70. The molecule has 86 valence electrons. The van der Waals surface area contributed by atoms with Gasteiger partial charge in [0.05, 0.1) is 6.54 Å². The molecule has 0 radical (unpaired) electrons. The van der Waals surface area contributed by atoms with E-state index in [-0.39, 0.29) is 5.91 Å². The molecule has 3 nitrogen and oxygen atoms in total. The predicted octanol–water partition coefficient (Wildman–Crippen LogP) is 1.32. The molecular formula is C13H18N2O. The number of hydrogen-bond acceptors (Lipinski definition) is 2. The van der Waals surface area contributed by atoms with Crippen molar-refractivity contribution in [1.29, 1.82) is 0 Å². The number of fused-ring (bicyclic) bond motifs is 1. The number of benzene rings is 1. The Morgan fingerprint density at radius 3 is 3.06 bits per heavy atom. The molecule has 2 N–H and O–H groups in total. The number of likely N-dealkylation sites (N-methyl/N-ethyl adjacent to an activating group) is 1. The maximum Gasteiger partial charge on any atom is 0.233 e. The van der Waals surface area contributed by atoms with Gasteiger partial charge >= 0.3 is 0 Å². The van der Waals surface area contributed by atoms with E-state index in [1.807, 2.05) is 0 Å². The van der Waals surface area contributed by atoms with Crippen LogP contribution in [-0.4, -0.2) is 19.5 Å². The Morgan fingerprint density at radius 2 is 2.31 bits per heavy atom. The molecule has 1 aliphatic carbocycles. The highest BCUT2D eigenvalue weighted by atomic mass is 16.1. The molecule has 16 heavy (non-hydrogen) atoms. The van der Waals surface area contributed by atoms with Crippen LogP contribution in [0.2, 0.25) is 0 Å². The summed E-state index contributed by atoms with van der Waals surface area (Å²) in [5, 5.41) is 5.92. The van der Waals surface area contributed by atoms with Gasteiger partial charge in [0.15, 0.2) is 0 Å². The third kappa shape index (κ3) is 2.25. The van der Waals surface area contributed by atoms with Gasteiger partial charge in [0.1, 0.15) is 0 Å². The van der Waals surface area contributed by atoms with Crippen molar-refractivity contribution in [2.45, 2.75) is 25.8 Å². The molecule has 0 bridgehead atoms. The number of hydrogen-bond donors (Lipinski definition) is 2. The van der Waals surface area contributed by atoms with E-state index >= 15 is 0 Å². The monoisotopic (exact) mass is 218 g/mol. The molecule has 0 heterocycles. The molecule has 2 rings (SSSR count). The van der Waals surface area contributed by atoms with Gasteiger partial charge in [0.2, 0.25) is 5.91 Å². The molecule has 0 fully saturated rings. The second-order valence-electron chi connectivity index (χ2n) is 4.35. The quantitative estimate of drug-likeness (QED) is 0.803. The van der Waals surface area contributed by atoms with E-state index in [0.29, 0.717) is 12.6 Å². The van der Waals surface area contributed by atoms with E-state index in [9.17, 15) is 4.79 Å². The molecule has 0 saturated carbocycles. The molecule has 1 atom stereocenters. The molecule has 1 unspecified atom stereocenters. The van der Waals surface area contributed by atoms with Gasteiger partial charge in [0.25, 0.3) is 0 Å². The van der Waals surface area contributed by atoms with Crippen molar-refractivity contribution in [3.05, 3.63) is 34.9 Å². The molecule has 1 aromatic carbocycles. The zero-order valence-corrected chi connectivity index (χ0v) is 9.84. The first-order valence-corrected chi connectivity index (χ1v) is 5.74. The molecule has 1 amide bonds. The molecule has 0 spiro atoms. The summed E-state index contributed by atoms with van der Waals surface area (Å²) in [5.74, 6) is 0.0422. The van der Waals surface area contributed by atoms with E-state index in [1.54, 1.807) is 7.05 Å². The Kier molecular flexibility index (Phi) is 3.25. The molecular weight excluding hydrogens is 200 g/mol. The summed E-state index contributed by atoms with van der Waals surface area (Å²) in [6.45, 7) is 2.51. The summed E-state index contributed by atoms with van der Waals surface area (Å²) in [5.41, 5.74) is 4.09. The van der Waals surface area contributed by atoms with E-state index in [2.05, 4.69) is 35.8 Å². The lowest BCUT2D eigenvalue weighted by atomic mass is 10.1. The van der Waals surface area contributed by atoms with E-state index in [1.165, 1.54) is 16.7 Å². The molecule has 0 aromatic heterocycles. The fraction of sp³-hybridized carbons (Fsp3) is 0.462. The predicted molar refractivity (Wildman–Crippen MR) is 64.3 cm³/mol. The van der Waals surface area contributed by atoms with Gasteiger partial charge in [-0.15, -0.1) is 0 Å². The summed E-state index contributed by atoms with van der Waals surface area (Å²) >= 11 is 0. The lowest BCUT2D eigenvalue weighted by Gasteiger charge is -2.13. The standard InChI is InChI=1S/C13H18N2O/c1-9-3-5-11-10(7-9)4-6-12(11)15-8-13(16)14-2/h3,5,7,12,15H,4,6,8H2,1-2H3,(H,14,16). The van der Waals surface area contributed by atoms with Crippen LogP contribution in [0.4, 0.5) is 0 Å². The highest BCUT2D eigenvalue weighted by Gasteiger charge is 2.22. The van der Waals surface area contributed by atoms with Crippen LogP contribution in [0.3, 0.4) is 0 Å². The molecule has 1 aliphatic rings. The summed E-state index contributed by atoms with van der Waals surface area (Å²) in [4.78, 5) is 11.2. The van der Waals surface area contributed by atoms with Crippen LogP contribution < -0.4 is 10.6 Å². The second-order valence-corrected chi connectivity index (χ2v) is 4.35. The van der Waals surface area contributed by atoms with Crippen LogP contribution >= 0.6 is 0 Å². The molecule has 1 aromatic rings. The van der Waals surface area contributed by atoms with Crippen molar-refractivity contribution in [3.63, 3.8) is 0 Å². The first-order valence-electron chi connectivity index (χ1n) is 5.74. The Labute approximate surface area is 96.2 Å².